The van der Waals surface area contributed by atoms with E-state index in [0.29, 0.717) is 12.8 Å². The fourth-order valence-corrected chi connectivity index (χ4v) is 2.61. The van der Waals surface area contributed by atoms with Crippen LogP contribution in [0.15, 0.2) is 18.2 Å². The van der Waals surface area contributed by atoms with Crippen LogP contribution in [0.5, 0.6) is 11.5 Å². The summed E-state index contributed by atoms with van der Waals surface area (Å²) in [7, 11) is 1.63. The summed E-state index contributed by atoms with van der Waals surface area (Å²) in [5, 5.41) is 12.0. The summed E-state index contributed by atoms with van der Waals surface area (Å²) in [6, 6.07) is 5.81. The van der Waals surface area contributed by atoms with Crippen molar-refractivity contribution in [3.63, 3.8) is 0 Å². The number of ether oxygens (including phenoxy) is 2. The van der Waals surface area contributed by atoms with Crippen molar-refractivity contribution in [1.29, 1.82) is 0 Å². The van der Waals surface area contributed by atoms with Crippen LogP contribution in [0, 0.1) is 0 Å². The summed E-state index contributed by atoms with van der Waals surface area (Å²) in [6.07, 6.45) is 3.77. The van der Waals surface area contributed by atoms with Gasteiger partial charge in [0, 0.05) is 13.0 Å². The average Bonchev–Trinajstić information content (AvgIpc) is 2.48. The summed E-state index contributed by atoms with van der Waals surface area (Å²) in [5.74, 6) is 0.710. The number of hydrogen-bond donors (Lipinski definition) is 2. The minimum atomic E-state index is -0.769. The second-order valence-corrected chi connectivity index (χ2v) is 5.28. The van der Waals surface area contributed by atoms with Crippen molar-refractivity contribution < 1.29 is 19.4 Å². The summed E-state index contributed by atoms with van der Waals surface area (Å²) in [5.41, 5.74) is 1.00. The Morgan fingerprint density at radius 2 is 2.33 bits per heavy atom. The zero-order valence-electron chi connectivity index (χ0n) is 12.4. The number of benzene rings is 1. The van der Waals surface area contributed by atoms with Gasteiger partial charge in [-0.1, -0.05) is 12.1 Å². The number of carboxylic acid groups (broad SMARTS) is 1. The molecule has 0 amide bonds. The maximum atomic E-state index is 10.6. The number of aryl methyl sites for hydroxylation is 1. The van der Waals surface area contributed by atoms with E-state index in [1.54, 1.807) is 7.11 Å². The van der Waals surface area contributed by atoms with E-state index >= 15 is 0 Å². The molecule has 0 spiro atoms. The minimum absolute atomic E-state index is 0.167. The highest BCUT2D eigenvalue weighted by Crippen LogP contribution is 2.33. The number of hydrogen-bond acceptors (Lipinski definition) is 4. The second-order valence-electron chi connectivity index (χ2n) is 5.28. The molecule has 1 aliphatic rings. The van der Waals surface area contributed by atoms with Gasteiger partial charge in [-0.3, -0.25) is 4.79 Å². The Bertz CT molecular complexity index is 469. The first-order valence-corrected chi connectivity index (χ1v) is 7.45. The predicted octanol–water partition coefficient (Wildman–Crippen LogP) is 2.23. The van der Waals surface area contributed by atoms with Gasteiger partial charge in [0.1, 0.15) is 6.10 Å². The van der Waals surface area contributed by atoms with Crippen molar-refractivity contribution in [2.24, 2.45) is 0 Å². The van der Waals surface area contributed by atoms with Crippen molar-refractivity contribution in [2.75, 3.05) is 20.2 Å². The number of carbonyl (C=O) groups is 1. The molecule has 1 saturated heterocycles. The average molecular weight is 293 g/mol. The molecule has 21 heavy (non-hydrogen) atoms. The van der Waals surface area contributed by atoms with Crippen LogP contribution in [0.2, 0.25) is 0 Å². The highest BCUT2D eigenvalue weighted by atomic mass is 16.5. The standard InChI is InChI=1S/C16H23NO4/c1-20-16-12(6-3-9-15(18)19)5-2-8-14(16)21-13-7-4-10-17-11-13/h2,5,8,13,17H,3-4,6-7,9-11H2,1H3,(H,18,19). The van der Waals surface area contributed by atoms with Gasteiger partial charge in [-0.05, 0) is 43.9 Å². The molecule has 5 heteroatoms. The number of para-hydroxylation sites is 1. The van der Waals surface area contributed by atoms with E-state index in [2.05, 4.69) is 5.32 Å². The first-order valence-electron chi connectivity index (χ1n) is 7.45. The molecule has 1 aliphatic heterocycles. The van der Waals surface area contributed by atoms with E-state index in [4.69, 9.17) is 14.6 Å². The Labute approximate surface area is 125 Å². The summed E-state index contributed by atoms with van der Waals surface area (Å²) < 4.78 is 11.5. The van der Waals surface area contributed by atoms with Crippen LogP contribution in [0.25, 0.3) is 0 Å². The third-order valence-corrected chi connectivity index (χ3v) is 3.65. The fourth-order valence-electron chi connectivity index (χ4n) is 2.61. The Kier molecular flexibility index (Phi) is 5.87. The van der Waals surface area contributed by atoms with Crippen LogP contribution < -0.4 is 14.8 Å². The molecule has 1 aromatic carbocycles. The molecule has 0 radical (unpaired) electrons. The quantitative estimate of drug-likeness (QED) is 0.807. The predicted molar refractivity (Wildman–Crippen MR) is 80.1 cm³/mol. The lowest BCUT2D eigenvalue weighted by Crippen LogP contribution is -2.37. The molecule has 1 unspecified atom stereocenters. The van der Waals surface area contributed by atoms with E-state index in [1.807, 2.05) is 18.2 Å². The van der Waals surface area contributed by atoms with Crippen molar-refractivity contribution in [2.45, 2.75) is 38.2 Å². The number of carboxylic acids is 1. The van der Waals surface area contributed by atoms with Crippen molar-refractivity contribution in [3.05, 3.63) is 23.8 Å². The number of nitrogens with one attached hydrogen (secondary N) is 1. The molecule has 0 aromatic heterocycles. The molecule has 2 N–H and O–H groups in total. The topological polar surface area (TPSA) is 67.8 Å². The van der Waals surface area contributed by atoms with Gasteiger partial charge in [0.2, 0.25) is 0 Å². The molecule has 2 rings (SSSR count). The molecule has 0 aliphatic carbocycles. The fraction of sp³-hybridized carbons (Fsp3) is 0.562. The van der Waals surface area contributed by atoms with Crippen LogP contribution in [-0.4, -0.2) is 37.4 Å². The van der Waals surface area contributed by atoms with Crippen LogP contribution in [0.4, 0.5) is 0 Å². The van der Waals surface area contributed by atoms with Gasteiger partial charge in [-0.15, -0.1) is 0 Å². The third-order valence-electron chi connectivity index (χ3n) is 3.65. The van der Waals surface area contributed by atoms with Gasteiger partial charge in [0.05, 0.1) is 7.11 Å². The van der Waals surface area contributed by atoms with Crippen LogP contribution in [-0.2, 0) is 11.2 Å². The first-order chi connectivity index (χ1) is 10.2. The summed E-state index contributed by atoms with van der Waals surface area (Å²) in [6.45, 7) is 1.90. The molecule has 0 bridgehead atoms. The second kappa shape index (κ2) is 7.88. The van der Waals surface area contributed by atoms with Crippen LogP contribution >= 0.6 is 0 Å². The summed E-state index contributed by atoms with van der Waals surface area (Å²) >= 11 is 0. The van der Waals surface area contributed by atoms with Crippen molar-refractivity contribution in [3.8, 4) is 11.5 Å². The zero-order chi connectivity index (χ0) is 15.1. The zero-order valence-corrected chi connectivity index (χ0v) is 12.4. The molecule has 116 valence electrons. The Morgan fingerprint density at radius 3 is 3.00 bits per heavy atom. The van der Waals surface area contributed by atoms with Crippen LogP contribution in [0.3, 0.4) is 0 Å². The van der Waals surface area contributed by atoms with Gasteiger partial charge in [-0.2, -0.15) is 0 Å². The molecule has 1 fully saturated rings. The summed E-state index contributed by atoms with van der Waals surface area (Å²) in [4.78, 5) is 10.6. The lowest BCUT2D eigenvalue weighted by Gasteiger charge is -2.25. The Hall–Kier alpha value is -1.75. The third kappa shape index (κ3) is 4.63. The number of methoxy groups -OCH3 is 1. The molecule has 1 heterocycles. The SMILES string of the molecule is COc1c(CCCC(=O)O)cccc1OC1CCCNC1. The normalized spacial score (nSPS) is 18.2. The Balaban J connectivity index is 2.04. The monoisotopic (exact) mass is 293 g/mol. The highest BCUT2D eigenvalue weighted by Gasteiger charge is 2.18. The minimum Gasteiger partial charge on any atom is -0.493 e. The van der Waals surface area contributed by atoms with Gasteiger partial charge in [0.15, 0.2) is 11.5 Å². The Morgan fingerprint density at radius 1 is 1.48 bits per heavy atom. The first kappa shape index (κ1) is 15.6. The van der Waals surface area contributed by atoms with Crippen molar-refractivity contribution in [1.82, 2.24) is 5.32 Å². The molecule has 0 saturated carbocycles. The smallest absolute Gasteiger partial charge is 0.303 e. The molecule has 1 atom stereocenters. The number of aliphatic carboxylic acids is 1. The maximum absolute atomic E-state index is 10.6. The number of piperidine rings is 1. The molecule has 5 nitrogen and oxygen atoms in total. The lowest BCUT2D eigenvalue weighted by molar-refractivity contribution is -0.137. The van der Waals surface area contributed by atoms with E-state index in [-0.39, 0.29) is 12.5 Å². The van der Waals surface area contributed by atoms with E-state index in [1.165, 1.54) is 0 Å². The van der Waals surface area contributed by atoms with E-state index in [0.717, 1.165) is 43.0 Å². The van der Waals surface area contributed by atoms with Crippen molar-refractivity contribution >= 4 is 5.97 Å². The number of rotatable bonds is 7. The van der Waals surface area contributed by atoms with Gasteiger partial charge >= 0.3 is 5.97 Å². The van der Waals surface area contributed by atoms with Gasteiger partial charge < -0.3 is 19.9 Å². The maximum Gasteiger partial charge on any atom is 0.303 e. The molecular formula is C16H23NO4. The molecule has 1 aromatic rings. The van der Waals surface area contributed by atoms with Crippen LogP contribution in [0.1, 0.15) is 31.2 Å². The van der Waals surface area contributed by atoms with E-state index < -0.39 is 5.97 Å². The largest absolute Gasteiger partial charge is 0.493 e. The van der Waals surface area contributed by atoms with Gasteiger partial charge in [-0.25, -0.2) is 0 Å². The van der Waals surface area contributed by atoms with E-state index in [9.17, 15) is 4.79 Å². The molecular weight excluding hydrogens is 270 g/mol. The van der Waals surface area contributed by atoms with Gasteiger partial charge in [0.25, 0.3) is 0 Å². The highest BCUT2D eigenvalue weighted by molar-refractivity contribution is 5.66. The lowest BCUT2D eigenvalue weighted by atomic mass is 10.1.